The van der Waals surface area contributed by atoms with Crippen LogP contribution in [-0.2, 0) is 0 Å². The van der Waals surface area contributed by atoms with E-state index in [0.29, 0.717) is 5.56 Å². The van der Waals surface area contributed by atoms with Crippen molar-refractivity contribution in [2.75, 3.05) is 11.5 Å². The second kappa shape index (κ2) is 4.88. The molecule has 1 unspecified atom stereocenters. The van der Waals surface area contributed by atoms with E-state index in [1.54, 1.807) is 18.2 Å². The van der Waals surface area contributed by atoms with Gasteiger partial charge in [-0.3, -0.25) is 0 Å². The first-order chi connectivity index (χ1) is 7.27. The van der Waals surface area contributed by atoms with Crippen molar-refractivity contribution in [1.29, 1.82) is 0 Å². The molecule has 1 heterocycles. The highest BCUT2D eigenvalue weighted by atomic mass is 32.2. The minimum Gasteiger partial charge on any atom is -0.508 e. The van der Waals surface area contributed by atoms with E-state index in [1.165, 1.54) is 6.07 Å². The number of hydrogen-bond acceptors (Lipinski definition) is 2. The molecule has 0 amide bonds. The van der Waals surface area contributed by atoms with E-state index in [-0.39, 0.29) is 11.7 Å². The number of benzene rings is 1. The molecule has 1 aliphatic heterocycles. The van der Waals surface area contributed by atoms with Crippen molar-refractivity contribution >= 4 is 11.8 Å². The number of halogens is 1. The minimum absolute atomic E-state index is 0.132. The zero-order valence-electron chi connectivity index (χ0n) is 8.53. The van der Waals surface area contributed by atoms with Gasteiger partial charge in [-0.1, -0.05) is 12.1 Å². The number of hydrogen-bond donors (Lipinski definition) is 1. The molecule has 0 bridgehead atoms. The zero-order chi connectivity index (χ0) is 10.7. The molecule has 15 heavy (non-hydrogen) atoms. The number of thioether (sulfide) groups is 1. The Hall–Kier alpha value is -0.700. The van der Waals surface area contributed by atoms with Crippen LogP contribution in [0.2, 0.25) is 0 Å². The van der Waals surface area contributed by atoms with Crippen LogP contribution < -0.4 is 0 Å². The predicted molar refractivity (Wildman–Crippen MR) is 62.0 cm³/mol. The normalized spacial score (nSPS) is 20.1. The Labute approximate surface area is 93.7 Å². The van der Waals surface area contributed by atoms with E-state index in [1.807, 2.05) is 11.8 Å². The summed E-state index contributed by atoms with van der Waals surface area (Å²) in [5, 5.41) is 9.29. The van der Waals surface area contributed by atoms with Gasteiger partial charge in [0.15, 0.2) is 0 Å². The van der Waals surface area contributed by atoms with Crippen molar-refractivity contribution in [2.45, 2.75) is 19.0 Å². The van der Waals surface area contributed by atoms with Crippen molar-refractivity contribution in [3.63, 3.8) is 0 Å². The Balaban J connectivity index is 2.08. The fraction of sp³-hybridized carbons (Fsp3) is 0.500. The first-order valence-electron chi connectivity index (χ1n) is 5.28. The largest absolute Gasteiger partial charge is 0.508 e. The van der Waals surface area contributed by atoms with E-state index in [2.05, 4.69) is 0 Å². The molecule has 3 heteroatoms. The van der Waals surface area contributed by atoms with Gasteiger partial charge in [0.25, 0.3) is 0 Å². The summed E-state index contributed by atoms with van der Waals surface area (Å²) < 4.78 is 14.1. The van der Waals surface area contributed by atoms with Crippen LogP contribution in [0.15, 0.2) is 24.3 Å². The topological polar surface area (TPSA) is 20.2 Å². The smallest absolute Gasteiger partial charge is 0.128 e. The molecule has 1 saturated heterocycles. The monoisotopic (exact) mass is 226 g/mol. The average Bonchev–Trinajstić information content (AvgIpc) is 2.29. The first-order valence-corrected chi connectivity index (χ1v) is 6.43. The van der Waals surface area contributed by atoms with Crippen molar-refractivity contribution < 1.29 is 9.50 Å². The lowest BCUT2D eigenvalue weighted by molar-refractivity contribution is 0.219. The van der Waals surface area contributed by atoms with Gasteiger partial charge in [0, 0.05) is 0 Å². The number of phenols is 1. The van der Waals surface area contributed by atoms with Gasteiger partial charge in [0.2, 0.25) is 0 Å². The number of aromatic hydroxyl groups is 1. The summed E-state index contributed by atoms with van der Waals surface area (Å²) in [5.74, 6) is 2.40. The summed E-state index contributed by atoms with van der Waals surface area (Å²) in [6, 6.07) is 6.57. The summed E-state index contributed by atoms with van der Waals surface area (Å²) >= 11 is 1.90. The fourth-order valence-corrected chi connectivity index (χ4v) is 3.12. The lowest BCUT2D eigenvalue weighted by Crippen LogP contribution is -2.15. The molecule has 0 saturated carbocycles. The third-order valence-corrected chi connectivity index (χ3v) is 3.92. The Morgan fingerprint density at radius 3 is 2.73 bits per heavy atom. The molecule has 1 aromatic carbocycles. The van der Waals surface area contributed by atoms with Gasteiger partial charge in [-0.25, -0.2) is 4.39 Å². The molecule has 1 aromatic rings. The lowest BCUT2D eigenvalue weighted by atomic mass is 9.92. The Morgan fingerprint density at radius 2 is 2.07 bits per heavy atom. The van der Waals surface area contributed by atoms with Gasteiger partial charge in [0.05, 0.1) is 0 Å². The lowest BCUT2D eigenvalue weighted by Gasteiger charge is -2.24. The van der Waals surface area contributed by atoms with Gasteiger partial charge in [-0.2, -0.15) is 11.8 Å². The van der Waals surface area contributed by atoms with Crippen LogP contribution in [0, 0.1) is 5.92 Å². The predicted octanol–water partition coefficient (Wildman–Crippen LogP) is 3.55. The summed E-state index contributed by atoms with van der Waals surface area (Å²) in [5.41, 5.74) is 0.618. The average molecular weight is 226 g/mol. The molecule has 0 aromatic heterocycles. The Bertz CT molecular complexity index is 323. The van der Waals surface area contributed by atoms with E-state index in [9.17, 15) is 9.50 Å². The number of rotatable bonds is 2. The van der Waals surface area contributed by atoms with Gasteiger partial charge in [0.1, 0.15) is 11.9 Å². The second-order valence-electron chi connectivity index (χ2n) is 3.95. The van der Waals surface area contributed by atoms with Crippen LogP contribution in [-0.4, -0.2) is 16.6 Å². The zero-order valence-corrected chi connectivity index (χ0v) is 9.34. The highest BCUT2D eigenvalue weighted by Crippen LogP contribution is 2.36. The molecule has 1 atom stereocenters. The summed E-state index contributed by atoms with van der Waals surface area (Å²) in [4.78, 5) is 0. The maximum Gasteiger partial charge on any atom is 0.128 e. The molecule has 0 spiro atoms. The van der Waals surface area contributed by atoms with Crippen LogP contribution >= 0.6 is 11.8 Å². The molecule has 1 N–H and O–H groups in total. The first kappa shape index (κ1) is 10.8. The maximum atomic E-state index is 14.1. The van der Waals surface area contributed by atoms with Crippen LogP contribution in [0.1, 0.15) is 24.6 Å². The standard InChI is InChI=1S/C12H15FOS/c13-12(9-4-6-15-7-5-9)10-2-1-3-11(14)8-10/h1-3,8-9,12,14H,4-7H2. The van der Waals surface area contributed by atoms with Gasteiger partial charge in [-0.05, 0) is 48.0 Å². The molecule has 0 aliphatic carbocycles. The van der Waals surface area contributed by atoms with Gasteiger partial charge in [-0.15, -0.1) is 0 Å². The van der Waals surface area contributed by atoms with Crippen LogP contribution in [0.4, 0.5) is 4.39 Å². The number of alkyl halides is 1. The molecule has 1 nitrogen and oxygen atoms in total. The Kier molecular flexibility index (Phi) is 3.52. The highest BCUT2D eigenvalue weighted by Gasteiger charge is 2.24. The van der Waals surface area contributed by atoms with Gasteiger partial charge >= 0.3 is 0 Å². The van der Waals surface area contributed by atoms with E-state index < -0.39 is 6.17 Å². The third-order valence-electron chi connectivity index (χ3n) is 2.87. The van der Waals surface area contributed by atoms with E-state index in [0.717, 1.165) is 24.3 Å². The van der Waals surface area contributed by atoms with Crippen LogP contribution in [0.3, 0.4) is 0 Å². The molecule has 1 fully saturated rings. The summed E-state index contributed by atoms with van der Waals surface area (Å²) in [6.07, 6.45) is 0.973. The quantitative estimate of drug-likeness (QED) is 0.832. The molecular weight excluding hydrogens is 211 g/mol. The highest BCUT2D eigenvalue weighted by molar-refractivity contribution is 7.99. The molecule has 82 valence electrons. The summed E-state index contributed by atoms with van der Waals surface area (Å²) in [6.45, 7) is 0. The van der Waals surface area contributed by atoms with E-state index >= 15 is 0 Å². The van der Waals surface area contributed by atoms with Crippen LogP contribution in [0.25, 0.3) is 0 Å². The van der Waals surface area contributed by atoms with Crippen molar-refractivity contribution in [3.05, 3.63) is 29.8 Å². The second-order valence-corrected chi connectivity index (χ2v) is 5.17. The molecule has 2 rings (SSSR count). The number of phenolic OH excluding ortho intramolecular Hbond substituents is 1. The SMILES string of the molecule is Oc1cccc(C(F)C2CCSCC2)c1. The Morgan fingerprint density at radius 1 is 1.33 bits per heavy atom. The van der Waals surface area contributed by atoms with Crippen molar-refractivity contribution in [2.24, 2.45) is 5.92 Å². The van der Waals surface area contributed by atoms with E-state index in [4.69, 9.17) is 0 Å². The van der Waals surface area contributed by atoms with Gasteiger partial charge < -0.3 is 5.11 Å². The summed E-state index contributed by atoms with van der Waals surface area (Å²) in [7, 11) is 0. The van der Waals surface area contributed by atoms with Crippen molar-refractivity contribution in [1.82, 2.24) is 0 Å². The van der Waals surface area contributed by atoms with Crippen LogP contribution in [0.5, 0.6) is 5.75 Å². The molecular formula is C12H15FOS. The maximum absolute atomic E-state index is 14.1. The third kappa shape index (κ3) is 2.65. The minimum atomic E-state index is -0.919. The van der Waals surface area contributed by atoms with Crippen molar-refractivity contribution in [3.8, 4) is 5.75 Å². The fourth-order valence-electron chi connectivity index (χ4n) is 1.98. The molecule has 1 aliphatic rings. The molecule has 0 radical (unpaired) electrons.